The minimum atomic E-state index is -0.526. The summed E-state index contributed by atoms with van der Waals surface area (Å²) >= 11 is 5.92. The third-order valence-electron chi connectivity index (χ3n) is 4.00. The number of likely N-dealkylation sites (tertiary alicyclic amines) is 1. The van der Waals surface area contributed by atoms with Crippen molar-refractivity contribution in [2.24, 2.45) is 11.8 Å². The quantitative estimate of drug-likeness (QED) is 0.860. The van der Waals surface area contributed by atoms with Crippen LogP contribution in [0.1, 0.15) is 5.56 Å². The summed E-state index contributed by atoms with van der Waals surface area (Å²) in [4.78, 5) is 25.6. The Morgan fingerprint density at radius 2 is 2.18 bits per heavy atom. The van der Waals surface area contributed by atoms with Crippen molar-refractivity contribution in [3.63, 3.8) is 0 Å². The maximum atomic E-state index is 13.7. The van der Waals surface area contributed by atoms with Crippen molar-refractivity contribution in [1.82, 2.24) is 10.2 Å². The first kappa shape index (κ1) is 16.7. The summed E-state index contributed by atoms with van der Waals surface area (Å²) in [6.07, 6.45) is -0.163. The summed E-state index contributed by atoms with van der Waals surface area (Å²) in [5, 5.41) is 12.1. The number of nitrogens with zero attached hydrogens (tertiary/aromatic N) is 1. The van der Waals surface area contributed by atoms with E-state index in [-0.39, 0.29) is 54.4 Å². The molecule has 2 atom stereocenters. The second kappa shape index (κ2) is 7.07. The predicted molar refractivity (Wildman–Crippen MR) is 79.8 cm³/mol. The molecule has 0 radical (unpaired) electrons. The number of benzene rings is 1. The van der Waals surface area contributed by atoms with E-state index >= 15 is 0 Å². The summed E-state index contributed by atoms with van der Waals surface area (Å²) in [5.74, 6) is -1.80. The van der Waals surface area contributed by atoms with Crippen molar-refractivity contribution in [2.45, 2.75) is 6.42 Å². The van der Waals surface area contributed by atoms with Crippen molar-refractivity contribution in [2.75, 3.05) is 26.7 Å². The lowest BCUT2D eigenvalue weighted by Crippen LogP contribution is -2.34. The molecule has 1 saturated heterocycles. The Morgan fingerprint density at radius 1 is 1.45 bits per heavy atom. The van der Waals surface area contributed by atoms with Gasteiger partial charge in [0.05, 0.1) is 12.3 Å². The minimum absolute atomic E-state index is 0.151. The van der Waals surface area contributed by atoms with Gasteiger partial charge in [-0.3, -0.25) is 9.59 Å². The molecule has 1 aliphatic rings. The largest absolute Gasteiger partial charge is 0.396 e. The molecule has 0 aromatic heterocycles. The van der Waals surface area contributed by atoms with Gasteiger partial charge in [0.1, 0.15) is 5.82 Å². The lowest BCUT2D eigenvalue weighted by Gasteiger charge is -2.17. The highest BCUT2D eigenvalue weighted by molar-refractivity contribution is 6.31. The zero-order valence-corrected chi connectivity index (χ0v) is 12.9. The molecule has 120 valence electrons. The van der Waals surface area contributed by atoms with Crippen LogP contribution >= 0.6 is 11.6 Å². The smallest absolute Gasteiger partial charge is 0.227 e. The summed E-state index contributed by atoms with van der Waals surface area (Å²) in [6.45, 7) is 0.317. The van der Waals surface area contributed by atoms with Gasteiger partial charge in [-0.1, -0.05) is 17.7 Å². The Balaban J connectivity index is 2.09. The van der Waals surface area contributed by atoms with E-state index in [4.69, 9.17) is 11.6 Å². The average Bonchev–Trinajstić information content (AvgIpc) is 2.94. The monoisotopic (exact) mass is 328 g/mol. The molecule has 0 bridgehead atoms. The highest BCUT2D eigenvalue weighted by Crippen LogP contribution is 2.26. The third-order valence-corrected chi connectivity index (χ3v) is 4.36. The van der Waals surface area contributed by atoms with E-state index in [0.29, 0.717) is 0 Å². The number of carbonyl (C=O) groups excluding carboxylic acids is 2. The number of nitrogens with one attached hydrogen (secondary N) is 1. The van der Waals surface area contributed by atoms with Gasteiger partial charge in [-0.05, 0) is 12.1 Å². The molecular formula is C15H18ClFN2O3. The molecule has 1 aromatic rings. The average molecular weight is 329 g/mol. The van der Waals surface area contributed by atoms with Gasteiger partial charge in [0.15, 0.2) is 0 Å². The molecule has 1 aliphatic heterocycles. The van der Waals surface area contributed by atoms with Crippen molar-refractivity contribution < 1.29 is 19.1 Å². The fourth-order valence-electron chi connectivity index (χ4n) is 2.71. The third kappa shape index (κ3) is 3.39. The minimum Gasteiger partial charge on any atom is -0.396 e. The summed E-state index contributed by atoms with van der Waals surface area (Å²) < 4.78 is 13.7. The molecular weight excluding hydrogens is 311 g/mol. The molecule has 7 heteroatoms. The van der Waals surface area contributed by atoms with Crippen LogP contribution in [-0.4, -0.2) is 48.6 Å². The lowest BCUT2D eigenvalue weighted by molar-refractivity contribution is -0.130. The molecule has 2 N–H and O–H groups in total. The van der Waals surface area contributed by atoms with Crippen LogP contribution in [0.2, 0.25) is 5.02 Å². The highest BCUT2D eigenvalue weighted by atomic mass is 35.5. The first-order valence-electron chi connectivity index (χ1n) is 7.01. The number of aliphatic hydroxyl groups excluding tert-OH is 1. The van der Waals surface area contributed by atoms with E-state index in [2.05, 4.69) is 5.32 Å². The van der Waals surface area contributed by atoms with Crippen molar-refractivity contribution in [3.8, 4) is 0 Å². The number of hydrogen-bond acceptors (Lipinski definition) is 3. The van der Waals surface area contributed by atoms with Crippen LogP contribution in [0.25, 0.3) is 0 Å². The van der Waals surface area contributed by atoms with E-state index in [1.54, 1.807) is 0 Å². The van der Waals surface area contributed by atoms with Gasteiger partial charge >= 0.3 is 0 Å². The molecule has 1 aromatic carbocycles. The number of amides is 2. The molecule has 5 nitrogen and oxygen atoms in total. The first-order valence-corrected chi connectivity index (χ1v) is 7.38. The van der Waals surface area contributed by atoms with Crippen LogP contribution in [0.4, 0.5) is 4.39 Å². The zero-order chi connectivity index (χ0) is 16.3. The van der Waals surface area contributed by atoms with E-state index in [0.717, 1.165) is 0 Å². The second-order valence-corrected chi connectivity index (χ2v) is 5.75. The number of hydrogen-bond donors (Lipinski definition) is 2. The molecule has 0 unspecified atom stereocenters. The van der Waals surface area contributed by atoms with Gasteiger partial charge < -0.3 is 15.3 Å². The predicted octanol–water partition coefficient (Wildman–Crippen LogP) is 0.834. The van der Waals surface area contributed by atoms with Crippen LogP contribution in [0.15, 0.2) is 18.2 Å². The number of carbonyl (C=O) groups is 2. The Hall–Kier alpha value is -1.66. The maximum Gasteiger partial charge on any atom is 0.227 e. The molecule has 0 saturated carbocycles. The van der Waals surface area contributed by atoms with Crippen molar-refractivity contribution in [3.05, 3.63) is 34.6 Å². The Bertz CT molecular complexity index is 562. The fourth-order valence-corrected chi connectivity index (χ4v) is 2.94. The Labute approximate surface area is 133 Å². The van der Waals surface area contributed by atoms with E-state index in [1.807, 2.05) is 0 Å². The molecule has 22 heavy (non-hydrogen) atoms. The normalized spacial score (nSPS) is 21.0. The topological polar surface area (TPSA) is 69.6 Å². The lowest BCUT2D eigenvalue weighted by atomic mass is 9.96. The molecule has 1 heterocycles. The highest BCUT2D eigenvalue weighted by Gasteiger charge is 2.38. The molecule has 2 amide bonds. The van der Waals surface area contributed by atoms with Crippen LogP contribution in [0.3, 0.4) is 0 Å². The Kier molecular flexibility index (Phi) is 5.37. The van der Waals surface area contributed by atoms with Crippen LogP contribution in [-0.2, 0) is 16.0 Å². The molecule has 0 spiro atoms. The number of aliphatic hydroxyl groups is 1. The van der Waals surface area contributed by atoms with Crippen LogP contribution < -0.4 is 5.32 Å². The summed E-state index contributed by atoms with van der Waals surface area (Å²) in [7, 11) is 1.51. The summed E-state index contributed by atoms with van der Waals surface area (Å²) in [5.41, 5.74) is 0.151. The van der Waals surface area contributed by atoms with Crippen LogP contribution in [0, 0.1) is 17.7 Å². The zero-order valence-electron chi connectivity index (χ0n) is 12.2. The van der Waals surface area contributed by atoms with Crippen LogP contribution in [0.5, 0.6) is 0 Å². The Morgan fingerprint density at radius 3 is 2.77 bits per heavy atom. The van der Waals surface area contributed by atoms with E-state index < -0.39 is 11.7 Å². The number of rotatable bonds is 4. The molecule has 2 rings (SSSR count). The van der Waals surface area contributed by atoms with E-state index in [1.165, 1.54) is 30.1 Å². The van der Waals surface area contributed by atoms with Gasteiger partial charge in [-0.25, -0.2) is 4.39 Å². The number of halogens is 2. The van der Waals surface area contributed by atoms with Gasteiger partial charge in [-0.15, -0.1) is 0 Å². The molecule has 0 aliphatic carbocycles. The van der Waals surface area contributed by atoms with Gasteiger partial charge in [0.2, 0.25) is 11.8 Å². The van der Waals surface area contributed by atoms with Gasteiger partial charge in [0, 0.05) is 43.2 Å². The van der Waals surface area contributed by atoms with Gasteiger partial charge in [-0.2, -0.15) is 0 Å². The maximum absolute atomic E-state index is 13.7. The van der Waals surface area contributed by atoms with Crippen molar-refractivity contribution in [1.29, 1.82) is 0 Å². The second-order valence-electron chi connectivity index (χ2n) is 5.34. The first-order chi connectivity index (χ1) is 10.5. The van der Waals surface area contributed by atoms with Crippen molar-refractivity contribution >= 4 is 23.4 Å². The fraction of sp³-hybridized carbons (Fsp3) is 0.467. The van der Waals surface area contributed by atoms with E-state index in [9.17, 15) is 19.1 Å². The SMILES string of the molecule is CNC(=O)[C@@H]1CN(C(=O)Cc2c(F)cccc2Cl)C[C@H]1CO. The standard InChI is InChI=1S/C15H18ClFN2O3/c1-18-15(22)11-7-19(6-9(11)8-20)14(21)5-10-12(16)3-2-4-13(10)17/h2-4,9,11,20H,5-8H2,1H3,(H,18,22)/t9-,11+/m0/s1. The molecule has 1 fully saturated rings. The van der Waals surface area contributed by atoms with Gasteiger partial charge in [0.25, 0.3) is 0 Å². The summed E-state index contributed by atoms with van der Waals surface area (Å²) in [6, 6.07) is 4.26.